The van der Waals surface area contributed by atoms with Crippen LogP contribution in [0.5, 0.6) is 5.75 Å². The van der Waals surface area contributed by atoms with Crippen molar-refractivity contribution in [2.24, 2.45) is 4.99 Å². The highest BCUT2D eigenvalue weighted by Gasteiger charge is 2.22. The van der Waals surface area contributed by atoms with Crippen molar-refractivity contribution in [1.29, 1.82) is 0 Å². The number of nitrogens with zero attached hydrogens (tertiary/aromatic N) is 3. The fourth-order valence-electron chi connectivity index (χ4n) is 3.43. The zero-order valence-electron chi connectivity index (χ0n) is 22.2. The minimum Gasteiger partial charge on any atom is -0.491 e. The molecule has 0 saturated carbocycles. The van der Waals surface area contributed by atoms with Crippen LogP contribution in [0.1, 0.15) is 33.3 Å². The largest absolute Gasteiger partial charge is 0.491 e. The topological polar surface area (TPSA) is 54.4 Å². The number of carbonyl (C=O) groups is 1. The standard InChI is InChI=1S/C29H34FN3O3S/c1-8-26(32(6)22-13-15-24(16-14-22)35-18-17-30)31-27-20(2)19-25(37-27)21-9-11-23(12-10-21)33(7)28(34)36-29(3,4)5/h8-16,19H,2,17-18H2,1,3-7H3/b26-8+,31-27?. The summed E-state index contributed by atoms with van der Waals surface area (Å²) in [6.45, 7) is 11.2. The van der Waals surface area contributed by atoms with Gasteiger partial charge in [-0.1, -0.05) is 30.5 Å². The van der Waals surface area contributed by atoms with Crippen LogP contribution in [0.25, 0.3) is 4.91 Å². The van der Waals surface area contributed by atoms with Crippen LogP contribution in [-0.2, 0) is 4.74 Å². The lowest BCUT2D eigenvalue weighted by Gasteiger charge is -2.24. The van der Waals surface area contributed by atoms with Crippen LogP contribution in [-0.4, -0.2) is 44.1 Å². The Morgan fingerprint density at radius 1 is 1.05 bits per heavy atom. The van der Waals surface area contributed by atoms with E-state index in [1.807, 2.05) is 100 Å². The molecule has 2 aromatic rings. The van der Waals surface area contributed by atoms with Gasteiger partial charge in [-0.15, -0.1) is 0 Å². The molecule has 1 amide bonds. The number of amides is 1. The molecule has 0 saturated heterocycles. The average Bonchev–Trinajstić information content (AvgIpc) is 3.24. The van der Waals surface area contributed by atoms with E-state index in [9.17, 15) is 9.18 Å². The first kappa shape index (κ1) is 28.1. The molecular weight excluding hydrogens is 489 g/mol. The third-order valence-corrected chi connectivity index (χ3v) is 6.50. The SMILES string of the molecule is C=C1C=C(c2ccc(N(C)C(=O)OC(C)(C)C)cc2)SC1=N/C(=C\C)N(C)c1ccc(OCCF)cc1. The molecule has 0 radical (unpaired) electrons. The maximum atomic E-state index is 12.4. The molecule has 0 atom stereocenters. The quantitative estimate of drug-likeness (QED) is 0.360. The van der Waals surface area contributed by atoms with Crippen LogP contribution in [0.3, 0.4) is 0 Å². The summed E-state index contributed by atoms with van der Waals surface area (Å²) in [6.07, 6.45) is 3.55. The number of thioether (sulfide) groups is 1. The Morgan fingerprint density at radius 2 is 1.65 bits per heavy atom. The molecular formula is C29H34FN3O3S. The van der Waals surface area contributed by atoms with Gasteiger partial charge >= 0.3 is 6.09 Å². The number of hydrogen-bond donors (Lipinski definition) is 0. The van der Waals surface area contributed by atoms with Crippen LogP contribution in [0, 0.1) is 0 Å². The Bertz CT molecular complexity index is 1210. The predicted molar refractivity (Wildman–Crippen MR) is 153 cm³/mol. The molecule has 196 valence electrons. The molecule has 37 heavy (non-hydrogen) atoms. The molecule has 0 aromatic heterocycles. The van der Waals surface area contributed by atoms with E-state index in [1.54, 1.807) is 18.8 Å². The Balaban J connectivity index is 1.69. The summed E-state index contributed by atoms with van der Waals surface area (Å²) in [6, 6.07) is 15.2. The molecule has 3 rings (SSSR count). The smallest absolute Gasteiger partial charge is 0.414 e. The van der Waals surface area contributed by atoms with Gasteiger partial charge in [0.05, 0.1) is 0 Å². The lowest BCUT2D eigenvalue weighted by Crippen LogP contribution is -2.34. The van der Waals surface area contributed by atoms with E-state index in [4.69, 9.17) is 14.5 Å². The molecule has 0 aliphatic carbocycles. The molecule has 6 nitrogen and oxygen atoms in total. The second-order valence-corrected chi connectivity index (χ2v) is 10.4. The first-order valence-electron chi connectivity index (χ1n) is 12.0. The molecule has 8 heteroatoms. The zero-order valence-corrected chi connectivity index (χ0v) is 23.1. The van der Waals surface area contributed by atoms with Gasteiger partial charge < -0.3 is 14.4 Å². The van der Waals surface area contributed by atoms with Crippen molar-refractivity contribution in [3.05, 3.63) is 84.2 Å². The summed E-state index contributed by atoms with van der Waals surface area (Å²) < 4.78 is 23.1. The van der Waals surface area contributed by atoms with E-state index >= 15 is 0 Å². The highest BCUT2D eigenvalue weighted by atomic mass is 32.2. The number of benzene rings is 2. The van der Waals surface area contributed by atoms with E-state index in [-0.39, 0.29) is 6.61 Å². The normalized spacial score (nSPS) is 15.0. The van der Waals surface area contributed by atoms with Gasteiger partial charge in [0.25, 0.3) is 0 Å². The van der Waals surface area contributed by atoms with Crippen molar-refractivity contribution >= 4 is 39.2 Å². The number of aliphatic imine (C=N–C) groups is 1. The number of ether oxygens (including phenoxy) is 2. The monoisotopic (exact) mass is 523 g/mol. The molecule has 0 N–H and O–H groups in total. The first-order chi connectivity index (χ1) is 17.5. The highest BCUT2D eigenvalue weighted by molar-refractivity contribution is 8.22. The summed E-state index contributed by atoms with van der Waals surface area (Å²) in [5.41, 5.74) is 2.96. The second kappa shape index (κ2) is 12.1. The van der Waals surface area contributed by atoms with Crippen LogP contribution >= 0.6 is 11.8 Å². The van der Waals surface area contributed by atoms with Crippen LogP contribution in [0.2, 0.25) is 0 Å². The lowest BCUT2D eigenvalue weighted by atomic mass is 10.1. The first-order valence-corrected chi connectivity index (χ1v) is 12.8. The van der Waals surface area contributed by atoms with Crippen LogP contribution in [0.4, 0.5) is 20.6 Å². The van der Waals surface area contributed by atoms with Gasteiger partial charge in [0.15, 0.2) is 0 Å². The highest BCUT2D eigenvalue weighted by Crippen LogP contribution is 2.39. The Labute approximate surface area is 223 Å². The summed E-state index contributed by atoms with van der Waals surface area (Å²) in [5.74, 6) is 1.39. The van der Waals surface area contributed by atoms with Gasteiger partial charge in [-0.3, -0.25) is 4.90 Å². The van der Waals surface area contributed by atoms with E-state index in [1.165, 1.54) is 4.90 Å². The predicted octanol–water partition coefficient (Wildman–Crippen LogP) is 7.45. The molecule has 1 heterocycles. The number of anilines is 2. The molecule has 1 aliphatic heterocycles. The van der Waals surface area contributed by atoms with E-state index in [0.717, 1.165) is 38.3 Å². The van der Waals surface area contributed by atoms with Crippen molar-refractivity contribution in [2.45, 2.75) is 33.3 Å². The van der Waals surface area contributed by atoms with E-state index in [0.29, 0.717) is 5.75 Å². The molecule has 2 aromatic carbocycles. The van der Waals surface area contributed by atoms with Crippen molar-refractivity contribution in [2.75, 3.05) is 37.2 Å². The van der Waals surface area contributed by atoms with Gasteiger partial charge in [0, 0.05) is 35.9 Å². The molecule has 1 aliphatic rings. The summed E-state index contributed by atoms with van der Waals surface area (Å²) in [7, 11) is 3.63. The molecule has 0 unspecified atom stereocenters. The average molecular weight is 524 g/mol. The number of hydrogen-bond acceptors (Lipinski definition) is 6. The number of carbonyl (C=O) groups excluding carboxylic acids is 1. The summed E-state index contributed by atoms with van der Waals surface area (Å²) in [4.78, 5) is 21.7. The van der Waals surface area contributed by atoms with Crippen molar-refractivity contribution < 1.29 is 18.7 Å². The summed E-state index contributed by atoms with van der Waals surface area (Å²) >= 11 is 1.55. The number of halogens is 1. The number of rotatable bonds is 8. The van der Waals surface area contributed by atoms with Crippen LogP contribution in [0.15, 0.2) is 83.6 Å². The van der Waals surface area contributed by atoms with Gasteiger partial charge in [0.1, 0.15) is 35.5 Å². The fourth-order valence-corrected chi connectivity index (χ4v) is 4.43. The lowest BCUT2D eigenvalue weighted by molar-refractivity contribution is 0.0589. The van der Waals surface area contributed by atoms with E-state index in [2.05, 4.69) is 6.58 Å². The third-order valence-electron chi connectivity index (χ3n) is 5.38. The minimum atomic E-state index is -0.555. The molecule has 0 fully saturated rings. The summed E-state index contributed by atoms with van der Waals surface area (Å²) in [5, 5.41) is 0.813. The Kier molecular flexibility index (Phi) is 9.21. The van der Waals surface area contributed by atoms with Crippen molar-refractivity contribution in [1.82, 2.24) is 0 Å². The van der Waals surface area contributed by atoms with Crippen LogP contribution < -0.4 is 14.5 Å². The van der Waals surface area contributed by atoms with Gasteiger partial charge in [0.2, 0.25) is 0 Å². The van der Waals surface area contributed by atoms with Gasteiger partial charge in [-0.2, -0.15) is 0 Å². The van der Waals surface area contributed by atoms with Gasteiger partial charge in [-0.05, 0) is 81.8 Å². The number of alkyl halides is 1. The number of allylic oxidation sites excluding steroid dienone is 2. The Hall–Kier alpha value is -3.52. The molecule has 0 bridgehead atoms. The maximum Gasteiger partial charge on any atom is 0.414 e. The zero-order chi connectivity index (χ0) is 27.2. The van der Waals surface area contributed by atoms with Crippen molar-refractivity contribution in [3.8, 4) is 5.75 Å². The third kappa shape index (κ3) is 7.49. The van der Waals surface area contributed by atoms with E-state index < -0.39 is 18.4 Å². The Morgan fingerprint density at radius 3 is 2.22 bits per heavy atom. The van der Waals surface area contributed by atoms with Gasteiger partial charge in [-0.25, -0.2) is 14.2 Å². The second-order valence-electron chi connectivity index (χ2n) is 9.38. The van der Waals surface area contributed by atoms with Crippen molar-refractivity contribution in [3.63, 3.8) is 0 Å². The minimum absolute atomic E-state index is 0.0424. The molecule has 0 spiro atoms. The maximum absolute atomic E-state index is 12.4. The fraction of sp³-hybridized carbons (Fsp3) is 0.310.